The zero-order chi connectivity index (χ0) is 12.8. The van der Waals surface area contributed by atoms with Gasteiger partial charge in [0.2, 0.25) is 0 Å². The fourth-order valence-corrected chi connectivity index (χ4v) is 1.58. The third kappa shape index (κ3) is 3.35. The first-order valence-corrected chi connectivity index (χ1v) is 5.26. The highest BCUT2D eigenvalue weighted by Gasteiger charge is 2.18. The van der Waals surface area contributed by atoms with Gasteiger partial charge in [-0.15, -0.1) is 0 Å². The van der Waals surface area contributed by atoms with Crippen LogP contribution in [-0.2, 0) is 16.0 Å². The number of carbonyl (C=O) groups is 1. The van der Waals surface area contributed by atoms with E-state index in [1.807, 2.05) is 0 Å². The Morgan fingerprint density at radius 1 is 1.47 bits per heavy atom. The number of methoxy groups -OCH3 is 2. The molecule has 5 heteroatoms. The van der Waals surface area contributed by atoms with Crippen LogP contribution in [0.15, 0.2) is 18.2 Å². The van der Waals surface area contributed by atoms with Crippen molar-refractivity contribution in [2.24, 2.45) is 11.7 Å². The number of benzene rings is 1. The molecular formula is C12H17NO4. The number of phenolic OH excluding ortho intramolecular Hbond substituents is 1. The Balaban J connectivity index is 2.80. The first-order chi connectivity index (χ1) is 8.12. The maximum atomic E-state index is 11.4. The van der Waals surface area contributed by atoms with E-state index in [1.54, 1.807) is 18.2 Å². The second kappa shape index (κ2) is 6.10. The molecule has 0 radical (unpaired) electrons. The number of nitrogens with two attached hydrogens (primary N) is 1. The maximum absolute atomic E-state index is 11.4. The highest BCUT2D eigenvalue weighted by Crippen LogP contribution is 2.27. The van der Waals surface area contributed by atoms with Gasteiger partial charge in [-0.2, -0.15) is 0 Å². The number of phenols is 1. The quantitative estimate of drug-likeness (QED) is 0.739. The van der Waals surface area contributed by atoms with E-state index in [9.17, 15) is 9.90 Å². The van der Waals surface area contributed by atoms with Crippen LogP contribution >= 0.6 is 0 Å². The number of hydrogen-bond donors (Lipinski definition) is 2. The zero-order valence-corrected chi connectivity index (χ0v) is 9.97. The van der Waals surface area contributed by atoms with Crippen molar-refractivity contribution in [3.63, 3.8) is 0 Å². The Labute approximate surface area is 100 Å². The monoisotopic (exact) mass is 239 g/mol. The zero-order valence-electron chi connectivity index (χ0n) is 9.97. The third-order valence-electron chi connectivity index (χ3n) is 2.54. The molecule has 0 heterocycles. The molecule has 1 rings (SSSR count). The van der Waals surface area contributed by atoms with Crippen LogP contribution in [0.5, 0.6) is 11.5 Å². The first kappa shape index (κ1) is 13.3. The lowest BCUT2D eigenvalue weighted by Gasteiger charge is -2.13. The normalized spacial score (nSPS) is 11.9. The molecule has 1 unspecified atom stereocenters. The van der Waals surface area contributed by atoms with E-state index in [0.717, 1.165) is 5.56 Å². The van der Waals surface area contributed by atoms with E-state index in [1.165, 1.54) is 14.2 Å². The Kier molecular flexibility index (Phi) is 4.78. The highest BCUT2D eigenvalue weighted by atomic mass is 16.5. The fourth-order valence-electron chi connectivity index (χ4n) is 1.58. The van der Waals surface area contributed by atoms with Gasteiger partial charge >= 0.3 is 5.97 Å². The highest BCUT2D eigenvalue weighted by molar-refractivity contribution is 5.73. The molecular weight excluding hydrogens is 222 g/mol. The van der Waals surface area contributed by atoms with Crippen molar-refractivity contribution in [1.82, 2.24) is 0 Å². The van der Waals surface area contributed by atoms with Crippen molar-refractivity contribution in [3.05, 3.63) is 23.8 Å². The summed E-state index contributed by atoms with van der Waals surface area (Å²) in [6, 6.07) is 4.99. The van der Waals surface area contributed by atoms with Crippen molar-refractivity contribution in [2.75, 3.05) is 20.8 Å². The molecule has 1 aromatic rings. The van der Waals surface area contributed by atoms with E-state index in [0.29, 0.717) is 12.2 Å². The smallest absolute Gasteiger partial charge is 0.310 e. The van der Waals surface area contributed by atoms with Crippen LogP contribution in [0.1, 0.15) is 5.56 Å². The number of carbonyl (C=O) groups excluding carboxylic acids is 1. The lowest BCUT2D eigenvalue weighted by molar-refractivity contribution is -0.145. The molecule has 0 saturated carbocycles. The van der Waals surface area contributed by atoms with Gasteiger partial charge in [0.05, 0.1) is 20.1 Å². The lowest BCUT2D eigenvalue weighted by Crippen LogP contribution is -2.26. The molecule has 17 heavy (non-hydrogen) atoms. The molecule has 0 aliphatic heterocycles. The van der Waals surface area contributed by atoms with Gasteiger partial charge < -0.3 is 20.3 Å². The SMILES string of the molecule is COC(=O)C(CN)Cc1ccc(OC)c(O)c1. The molecule has 0 amide bonds. The summed E-state index contributed by atoms with van der Waals surface area (Å²) in [5, 5.41) is 9.60. The first-order valence-electron chi connectivity index (χ1n) is 5.26. The Morgan fingerprint density at radius 2 is 2.18 bits per heavy atom. The molecule has 1 atom stereocenters. The Bertz CT molecular complexity index is 392. The molecule has 0 aliphatic rings. The van der Waals surface area contributed by atoms with Crippen molar-refractivity contribution < 1.29 is 19.4 Å². The average molecular weight is 239 g/mol. The minimum Gasteiger partial charge on any atom is -0.504 e. The van der Waals surface area contributed by atoms with Crippen molar-refractivity contribution in [2.45, 2.75) is 6.42 Å². The van der Waals surface area contributed by atoms with Gasteiger partial charge in [0.15, 0.2) is 11.5 Å². The number of hydrogen-bond acceptors (Lipinski definition) is 5. The lowest BCUT2D eigenvalue weighted by atomic mass is 9.99. The van der Waals surface area contributed by atoms with Crippen molar-refractivity contribution in [3.8, 4) is 11.5 Å². The molecule has 1 aromatic carbocycles. The Hall–Kier alpha value is -1.75. The Morgan fingerprint density at radius 3 is 2.65 bits per heavy atom. The van der Waals surface area contributed by atoms with Gasteiger partial charge in [-0.05, 0) is 24.1 Å². The minimum absolute atomic E-state index is 0.0469. The van der Waals surface area contributed by atoms with Gasteiger partial charge in [0.1, 0.15) is 0 Å². The number of aromatic hydroxyl groups is 1. The van der Waals surface area contributed by atoms with Crippen LogP contribution in [0.3, 0.4) is 0 Å². The van der Waals surface area contributed by atoms with Gasteiger partial charge in [0, 0.05) is 6.54 Å². The summed E-state index contributed by atoms with van der Waals surface area (Å²) in [6.45, 7) is 0.208. The van der Waals surface area contributed by atoms with E-state index < -0.39 is 5.92 Å². The molecule has 0 spiro atoms. The van der Waals surface area contributed by atoms with Crippen molar-refractivity contribution in [1.29, 1.82) is 0 Å². The number of esters is 1. The largest absolute Gasteiger partial charge is 0.504 e. The average Bonchev–Trinajstić information content (AvgIpc) is 2.35. The molecule has 0 aliphatic carbocycles. The molecule has 5 nitrogen and oxygen atoms in total. The molecule has 0 aromatic heterocycles. The standard InChI is InChI=1S/C12H17NO4/c1-16-11-4-3-8(6-10(11)14)5-9(7-13)12(15)17-2/h3-4,6,9,14H,5,7,13H2,1-2H3. The minimum atomic E-state index is -0.396. The van der Waals surface area contributed by atoms with Crippen LogP contribution in [0.25, 0.3) is 0 Å². The molecule has 0 saturated heterocycles. The summed E-state index contributed by atoms with van der Waals surface area (Å²) >= 11 is 0. The van der Waals surface area contributed by atoms with Crippen LogP contribution in [0.2, 0.25) is 0 Å². The van der Waals surface area contributed by atoms with Gasteiger partial charge in [-0.3, -0.25) is 4.79 Å². The second-order valence-electron chi connectivity index (χ2n) is 3.67. The van der Waals surface area contributed by atoms with Gasteiger partial charge in [0.25, 0.3) is 0 Å². The summed E-state index contributed by atoms with van der Waals surface area (Å²) in [5.41, 5.74) is 6.31. The predicted molar refractivity (Wildman–Crippen MR) is 62.9 cm³/mol. The maximum Gasteiger partial charge on any atom is 0.310 e. The predicted octanol–water partition coefficient (Wildman–Crippen LogP) is 0.691. The fraction of sp³-hybridized carbons (Fsp3) is 0.417. The van der Waals surface area contributed by atoms with E-state index in [2.05, 4.69) is 4.74 Å². The van der Waals surface area contributed by atoms with E-state index in [-0.39, 0.29) is 18.3 Å². The number of rotatable bonds is 5. The molecule has 0 bridgehead atoms. The van der Waals surface area contributed by atoms with E-state index >= 15 is 0 Å². The number of ether oxygens (including phenoxy) is 2. The summed E-state index contributed by atoms with van der Waals surface area (Å²) < 4.78 is 9.58. The van der Waals surface area contributed by atoms with E-state index in [4.69, 9.17) is 10.5 Å². The van der Waals surface area contributed by atoms with Crippen LogP contribution in [0.4, 0.5) is 0 Å². The molecule has 94 valence electrons. The van der Waals surface area contributed by atoms with Gasteiger partial charge in [-0.25, -0.2) is 0 Å². The topological polar surface area (TPSA) is 81.8 Å². The summed E-state index contributed by atoms with van der Waals surface area (Å²) in [4.78, 5) is 11.4. The van der Waals surface area contributed by atoms with Crippen LogP contribution < -0.4 is 10.5 Å². The summed E-state index contributed by atoms with van der Waals surface area (Å²) in [6.07, 6.45) is 0.431. The van der Waals surface area contributed by atoms with Crippen LogP contribution in [-0.4, -0.2) is 31.8 Å². The second-order valence-corrected chi connectivity index (χ2v) is 3.67. The van der Waals surface area contributed by atoms with Gasteiger partial charge in [-0.1, -0.05) is 6.07 Å². The summed E-state index contributed by atoms with van der Waals surface area (Å²) in [5.74, 6) is -0.294. The summed E-state index contributed by atoms with van der Waals surface area (Å²) in [7, 11) is 2.81. The third-order valence-corrected chi connectivity index (χ3v) is 2.54. The molecule has 3 N–H and O–H groups in total. The van der Waals surface area contributed by atoms with Crippen molar-refractivity contribution >= 4 is 5.97 Å². The van der Waals surface area contributed by atoms with Crippen LogP contribution in [0, 0.1) is 5.92 Å². The molecule has 0 fully saturated rings.